The lowest BCUT2D eigenvalue weighted by molar-refractivity contribution is 0.0879. The molecule has 0 radical (unpaired) electrons. The van der Waals surface area contributed by atoms with Crippen LogP contribution in [0.15, 0.2) is 24.3 Å². The van der Waals surface area contributed by atoms with E-state index in [1.54, 1.807) is 0 Å². The summed E-state index contributed by atoms with van der Waals surface area (Å²) >= 11 is 0. The van der Waals surface area contributed by atoms with Crippen molar-refractivity contribution >= 4 is 0 Å². The van der Waals surface area contributed by atoms with E-state index in [2.05, 4.69) is 34.5 Å². The number of nitrogens with zero attached hydrogens (tertiary/aromatic N) is 2. The summed E-state index contributed by atoms with van der Waals surface area (Å²) in [5.74, 6) is 0.906. The average Bonchev–Trinajstić information content (AvgIpc) is 2.47. The second kappa shape index (κ2) is 7.59. The first-order valence-corrected chi connectivity index (χ1v) is 7.35. The Bertz CT molecular complexity index is 405. The zero-order chi connectivity index (χ0) is 14.4. The molecule has 0 aromatic heterocycles. The summed E-state index contributed by atoms with van der Waals surface area (Å²) < 4.78 is 5.56. The molecule has 5 nitrogen and oxygen atoms in total. The Hall–Kier alpha value is -1.14. The van der Waals surface area contributed by atoms with Crippen molar-refractivity contribution in [3.63, 3.8) is 0 Å². The average molecular weight is 278 g/mol. The SMILES string of the molecule is CCOc1cccc(C(CN)NN2CCN(C)CC2)c1. The van der Waals surface area contributed by atoms with Crippen LogP contribution < -0.4 is 15.9 Å². The van der Waals surface area contributed by atoms with Crippen LogP contribution in [0.1, 0.15) is 18.5 Å². The Labute approximate surface area is 121 Å². The molecule has 1 fully saturated rings. The van der Waals surface area contributed by atoms with Crippen molar-refractivity contribution in [1.82, 2.24) is 15.3 Å². The fourth-order valence-electron chi connectivity index (χ4n) is 2.41. The lowest BCUT2D eigenvalue weighted by atomic mass is 10.1. The van der Waals surface area contributed by atoms with Crippen molar-refractivity contribution in [3.05, 3.63) is 29.8 Å². The minimum atomic E-state index is 0.138. The molecule has 1 aromatic carbocycles. The maximum Gasteiger partial charge on any atom is 0.119 e. The molecule has 2 rings (SSSR count). The molecule has 0 aliphatic carbocycles. The fraction of sp³-hybridized carbons (Fsp3) is 0.600. The molecule has 20 heavy (non-hydrogen) atoms. The lowest BCUT2D eigenvalue weighted by Gasteiger charge is -2.35. The molecule has 1 heterocycles. The van der Waals surface area contributed by atoms with E-state index in [-0.39, 0.29) is 6.04 Å². The topological polar surface area (TPSA) is 53.8 Å². The maximum atomic E-state index is 5.93. The van der Waals surface area contributed by atoms with Gasteiger partial charge >= 0.3 is 0 Å². The second-order valence-corrected chi connectivity index (χ2v) is 5.21. The van der Waals surface area contributed by atoms with Gasteiger partial charge in [-0.2, -0.15) is 0 Å². The molecule has 0 bridgehead atoms. The van der Waals surface area contributed by atoms with E-state index >= 15 is 0 Å². The lowest BCUT2D eigenvalue weighted by Crippen LogP contribution is -2.52. The van der Waals surface area contributed by atoms with Gasteiger partial charge in [0.15, 0.2) is 0 Å². The number of ether oxygens (including phenoxy) is 1. The summed E-state index contributed by atoms with van der Waals surface area (Å²) in [6.45, 7) is 7.48. The highest BCUT2D eigenvalue weighted by molar-refractivity contribution is 5.30. The molecular weight excluding hydrogens is 252 g/mol. The Morgan fingerprint density at radius 2 is 2.05 bits per heavy atom. The Morgan fingerprint density at radius 3 is 2.70 bits per heavy atom. The molecule has 1 atom stereocenters. The normalized spacial score (nSPS) is 18.9. The third kappa shape index (κ3) is 4.18. The largest absolute Gasteiger partial charge is 0.494 e. The van der Waals surface area contributed by atoms with Crippen LogP contribution >= 0.6 is 0 Å². The highest BCUT2D eigenvalue weighted by atomic mass is 16.5. The van der Waals surface area contributed by atoms with Gasteiger partial charge in [-0.3, -0.25) is 0 Å². The first-order chi connectivity index (χ1) is 9.72. The molecule has 3 N–H and O–H groups in total. The van der Waals surface area contributed by atoms with Crippen LogP contribution in [0.5, 0.6) is 5.75 Å². The standard InChI is InChI=1S/C15H26N4O/c1-3-20-14-6-4-5-13(11-14)15(12-16)17-19-9-7-18(2)8-10-19/h4-6,11,15,17H,3,7-10,12,16H2,1-2H3. The van der Waals surface area contributed by atoms with E-state index in [9.17, 15) is 0 Å². The molecule has 1 unspecified atom stereocenters. The number of benzene rings is 1. The van der Waals surface area contributed by atoms with Gasteiger partial charge in [0, 0.05) is 32.7 Å². The molecule has 1 aliphatic heterocycles. The predicted molar refractivity (Wildman–Crippen MR) is 81.6 cm³/mol. The predicted octanol–water partition coefficient (Wildman–Crippen LogP) is 0.837. The minimum absolute atomic E-state index is 0.138. The monoisotopic (exact) mass is 278 g/mol. The van der Waals surface area contributed by atoms with Crippen LogP contribution in [-0.2, 0) is 0 Å². The number of hydrogen-bond acceptors (Lipinski definition) is 5. The zero-order valence-corrected chi connectivity index (χ0v) is 12.5. The van der Waals surface area contributed by atoms with E-state index in [4.69, 9.17) is 10.5 Å². The molecule has 1 aromatic rings. The molecule has 0 spiro atoms. The van der Waals surface area contributed by atoms with Crippen LogP contribution in [0.3, 0.4) is 0 Å². The number of hydrazine groups is 1. The molecule has 5 heteroatoms. The Balaban J connectivity index is 1.98. The molecule has 0 amide bonds. The van der Waals surface area contributed by atoms with Gasteiger partial charge < -0.3 is 15.4 Å². The van der Waals surface area contributed by atoms with Gasteiger partial charge in [-0.1, -0.05) is 12.1 Å². The Morgan fingerprint density at radius 1 is 1.30 bits per heavy atom. The van der Waals surface area contributed by atoms with Gasteiger partial charge in [0.25, 0.3) is 0 Å². The van der Waals surface area contributed by atoms with Gasteiger partial charge in [0.1, 0.15) is 5.75 Å². The number of nitrogens with two attached hydrogens (primary N) is 1. The van der Waals surface area contributed by atoms with E-state index in [1.807, 2.05) is 19.1 Å². The molecule has 0 saturated carbocycles. The van der Waals surface area contributed by atoms with E-state index in [0.29, 0.717) is 13.2 Å². The summed E-state index contributed by atoms with van der Waals surface area (Å²) in [7, 11) is 2.16. The third-order valence-corrected chi connectivity index (χ3v) is 3.65. The molecule has 1 saturated heterocycles. The van der Waals surface area contributed by atoms with E-state index in [1.165, 1.54) is 5.56 Å². The minimum Gasteiger partial charge on any atom is -0.494 e. The molecular formula is C15H26N4O. The van der Waals surface area contributed by atoms with Crippen molar-refractivity contribution in [1.29, 1.82) is 0 Å². The van der Waals surface area contributed by atoms with Gasteiger partial charge in [0.2, 0.25) is 0 Å². The highest BCUT2D eigenvalue weighted by Crippen LogP contribution is 2.19. The van der Waals surface area contributed by atoms with Crippen molar-refractivity contribution in [3.8, 4) is 5.75 Å². The van der Waals surface area contributed by atoms with Gasteiger partial charge in [-0.05, 0) is 31.7 Å². The van der Waals surface area contributed by atoms with Crippen LogP contribution in [0, 0.1) is 0 Å². The molecule has 1 aliphatic rings. The van der Waals surface area contributed by atoms with Crippen LogP contribution in [-0.4, -0.2) is 56.3 Å². The number of hydrogen-bond donors (Lipinski definition) is 2. The first kappa shape index (κ1) is 15.3. The van der Waals surface area contributed by atoms with Crippen molar-refractivity contribution in [2.75, 3.05) is 46.4 Å². The Kier molecular flexibility index (Phi) is 5.79. The maximum absolute atomic E-state index is 5.93. The third-order valence-electron chi connectivity index (χ3n) is 3.65. The number of rotatable bonds is 6. The highest BCUT2D eigenvalue weighted by Gasteiger charge is 2.18. The smallest absolute Gasteiger partial charge is 0.119 e. The summed E-state index contributed by atoms with van der Waals surface area (Å²) in [5, 5.41) is 2.27. The second-order valence-electron chi connectivity index (χ2n) is 5.21. The van der Waals surface area contributed by atoms with Crippen molar-refractivity contribution in [2.45, 2.75) is 13.0 Å². The van der Waals surface area contributed by atoms with Crippen molar-refractivity contribution in [2.24, 2.45) is 5.73 Å². The van der Waals surface area contributed by atoms with Crippen LogP contribution in [0.25, 0.3) is 0 Å². The van der Waals surface area contributed by atoms with Gasteiger partial charge in [-0.25, -0.2) is 10.4 Å². The number of likely N-dealkylation sites (N-methyl/N-ethyl adjacent to an activating group) is 1. The number of piperazine rings is 1. The summed E-state index contributed by atoms with van der Waals surface area (Å²) in [5.41, 5.74) is 10.6. The summed E-state index contributed by atoms with van der Waals surface area (Å²) in [4.78, 5) is 2.34. The van der Waals surface area contributed by atoms with Crippen LogP contribution in [0.2, 0.25) is 0 Å². The molecule has 112 valence electrons. The number of nitrogens with one attached hydrogen (secondary N) is 1. The van der Waals surface area contributed by atoms with Crippen molar-refractivity contribution < 1.29 is 4.74 Å². The van der Waals surface area contributed by atoms with Gasteiger partial charge in [-0.15, -0.1) is 0 Å². The quantitative estimate of drug-likeness (QED) is 0.807. The van der Waals surface area contributed by atoms with Crippen LogP contribution in [0.4, 0.5) is 0 Å². The van der Waals surface area contributed by atoms with E-state index in [0.717, 1.165) is 31.9 Å². The van der Waals surface area contributed by atoms with E-state index < -0.39 is 0 Å². The summed E-state index contributed by atoms with van der Waals surface area (Å²) in [6.07, 6.45) is 0. The van der Waals surface area contributed by atoms with Gasteiger partial charge in [0.05, 0.1) is 12.6 Å². The fourth-order valence-corrected chi connectivity index (χ4v) is 2.41. The summed E-state index contributed by atoms with van der Waals surface area (Å²) in [6, 6.07) is 8.32. The zero-order valence-electron chi connectivity index (χ0n) is 12.5. The first-order valence-electron chi connectivity index (χ1n) is 7.35.